The third-order valence-electron chi connectivity index (χ3n) is 2.36. The Bertz CT molecular complexity index is 160. The molecule has 0 fully saturated rings. The molecule has 0 heterocycles. The average Bonchev–Trinajstić information content (AvgIpc) is 2.17. The van der Waals surface area contributed by atoms with Gasteiger partial charge >= 0.3 is 5.97 Å². The number of carbonyl (C=O) groups excluding carboxylic acids is 1. The first-order valence-corrected chi connectivity index (χ1v) is 6.64. The molecule has 0 aromatic carbocycles. The minimum Gasteiger partial charge on any atom is -0.463 e. The van der Waals surface area contributed by atoms with Gasteiger partial charge < -0.3 is 4.74 Å². The molecule has 1 atom stereocenters. The highest BCUT2D eigenvalue weighted by atomic mass is 32.1. The molecule has 0 aliphatic carbocycles. The zero-order valence-electron chi connectivity index (χ0n) is 10.00. The summed E-state index contributed by atoms with van der Waals surface area (Å²) in [6.45, 7) is 4.18. The van der Waals surface area contributed by atoms with Gasteiger partial charge in [0.15, 0.2) is 0 Å². The number of ether oxygens (including phenoxy) is 1. The van der Waals surface area contributed by atoms with Gasteiger partial charge in [-0.25, -0.2) is 0 Å². The Kier molecular flexibility index (Phi) is 10.2. The van der Waals surface area contributed by atoms with Crippen LogP contribution in [0.15, 0.2) is 0 Å². The first-order valence-electron chi connectivity index (χ1n) is 6.01. The Hall–Kier alpha value is -0.180. The van der Waals surface area contributed by atoms with Crippen molar-refractivity contribution in [3.63, 3.8) is 0 Å². The smallest absolute Gasteiger partial charge is 0.306 e. The molecule has 0 aromatic rings. The Labute approximate surface area is 99.2 Å². The van der Waals surface area contributed by atoms with Gasteiger partial charge in [0, 0.05) is 5.75 Å². The van der Waals surface area contributed by atoms with Crippen molar-refractivity contribution in [1.29, 1.82) is 0 Å². The summed E-state index contributed by atoms with van der Waals surface area (Å²) in [5.41, 5.74) is 0. The van der Waals surface area contributed by atoms with Crippen molar-refractivity contribution in [1.82, 2.24) is 0 Å². The number of thiol groups is 1. The van der Waals surface area contributed by atoms with Crippen molar-refractivity contribution in [2.24, 2.45) is 0 Å². The van der Waals surface area contributed by atoms with E-state index in [2.05, 4.69) is 19.6 Å². The van der Waals surface area contributed by atoms with Crippen molar-refractivity contribution in [3.8, 4) is 0 Å². The van der Waals surface area contributed by atoms with E-state index < -0.39 is 0 Å². The van der Waals surface area contributed by atoms with E-state index in [0.717, 1.165) is 12.8 Å². The summed E-state index contributed by atoms with van der Waals surface area (Å²) in [7, 11) is 0. The van der Waals surface area contributed by atoms with Gasteiger partial charge in [0.1, 0.15) is 0 Å². The molecular formula is C12H24O2S. The van der Waals surface area contributed by atoms with Crippen LogP contribution in [-0.4, -0.2) is 17.8 Å². The summed E-state index contributed by atoms with van der Waals surface area (Å²) >= 11 is 3.99. The van der Waals surface area contributed by atoms with Gasteiger partial charge in [-0.2, -0.15) is 12.6 Å². The van der Waals surface area contributed by atoms with Gasteiger partial charge in [0.2, 0.25) is 0 Å². The van der Waals surface area contributed by atoms with Crippen molar-refractivity contribution < 1.29 is 9.53 Å². The van der Waals surface area contributed by atoms with E-state index in [1.807, 2.05) is 6.92 Å². The van der Waals surface area contributed by atoms with Crippen LogP contribution in [0.1, 0.15) is 58.8 Å². The summed E-state index contributed by atoms with van der Waals surface area (Å²) in [5, 5.41) is 0. The van der Waals surface area contributed by atoms with Crippen LogP contribution in [0.2, 0.25) is 0 Å². The molecule has 0 amide bonds. The molecule has 3 heteroatoms. The first kappa shape index (κ1) is 14.8. The molecule has 90 valence electrons. The molecule has 0 N–H and O–H groups in total. The van der Waals surface area contributed by atoms with Gasteiger partial charge in [-0.15, -0.1) is 0 Å². The SMILES string of the molecule is CCCCCCCC(C)OC(=O)CCS. The molecule has 0 bridgehead atoms. The second-order valence-electron chi connectivity index (χ2n) is 3.98. The number of carbonyl (C=O) groups is 1. The monoisotopic (exact) mass is 232 g/mol. The molecule has 0 aliphatic heterocycles. The average molecular weight is 232 g/mol. The highest BCUT2D eigenvalue weighted by Gasteiger charge is 2.07. The quantitative estimate of drug-likeness (QED) is 0.373. The normalized spacial score (nSPS) is 12.5. The molecule has 2 nitrogen and oxygen atoms in total. The Morgan fingerprint density at radius 1 is 1.27 bits per heavy atom. The Morgan fingerprint density at radius 2 is 1.93 bits per heavy atom. The van der Waals surface area contributed by atoms with Crippen LogP contribution in [0, 0.1) is 0 Å². The maximum Gasteiger partial charge on any atom is 0.306 e. The van der Waals surface area contributed by atoms with E-state index in [1.165, 1.54) is 25.7 Å². The van der Waals surface area contributed by atoms with Crippen molar-refractivity contribution in [2.45, 2.75) is 64.9 Å². The van der Waals surface area contributed by atoms with E-state index >= 15 is 0 Å². The number of hydrogen-bond donors (Lipinski definition) is 1. The van der Waals surface area contributed by atoms with Crippen LogP contribution in [0.3, 0.4) is 0 Å². The van der Waals surface area contributed by atoms with Crippen LogP contribution in [0.5, 0.6) is 0 Å². The Balaban J connectivity index is 3.32. The van der Waals surface area contributed by atoms with Crippen molar-refractivity contribution >= 4 is 18.6 Å². The Morgan fingerprint density at radius 3 is 2.53 bits per heavy atom. The van der Waals surface area contributed by atoms with E-state index in [1.54, 1.807) is 0 Å². The minimum atomic E-state index is -0.119. The zero-order chi connectivity index (χ0) is 11.5. The summed E-state index contributed by atoms with van der Waals surface area (Å²) in [5.74, 6) is 0.452. The molecule has 0 saturated carbocycles. The van der Waals surface area contributed by atoms with Gasteiger partial charge in [-0.1, -0.05) is 32.6 Å². The molecular weight excluding hydrogens is 208 g/mol. The van der Waals surface area contributed by atoms with Crippen LogP contribution in [0.4, 0.5) is 0 Å². The predicted molar refractivity (Wildman–Crippen MR) is 67.4 cm³/mol. The van der Waals surface area contributed by atoms with E-state index in [-0.39, 0.29) is 12.1 Å². The van der Waals surface area contributed by atoms with Gasteiger partial charge in [0.25, 0.3) is 0 Å². The first-order chi connectivity index (χ1) is 7.20. The molecule has 0 aliphatic rings. The number of esters is 1. The van der Waals surface area contributed by atoms with Crippen molar-refractivity contribution in [3.05, 3.63) is 0 Å². The number of unbranched alkanes of at least 4 members (excludes halogenated alkanes) is 4. The summed E-state index contributed by atoms with van der Waals surface area (Å²) in [6.07, 6.45) is 7.77. The maximum absolute atomic E-state index is 11.1. The van der Waals surface area contributed by atoms with Crippen LogP contribution in [-0.2, 0) is 9.53 Å². The van der Waals surface area contributed by atoms with Gasteiger partial charge in [-0.3, -0.25) is 4.79 Å². The topological polar surface area (TPSA) is 26.3 Å². The fourth-order valence-corrected chi connectivity index (χ4v) is 1.65. The lowest BCUT2D eigenvalue weighted by atomic mass is 10.1. The van der Waals surface area contributed by atoms with Crippen LogP contribution >= 0.6 is 12.6 Å². The lowest BCUT2D eigenvalue weighted by Gasteiger charge is -2.12. The van der Waals surface area contributed by atoms with Gasteiger partial charge in [0.05, 0.1) is 12.5 Å². The fraction of sp³-hybridized carbons (Fsp3) is 0.917. The molecule has 0 saturated heterocycles. The second-order valence-corrected chi connectivity index (χ2v) is 4.42. The lowest BCUT2D eigenvalue weighted by molar-refractivity contribution is -0.148. The fourth-order valence-electron chi connectivity index (χ4n) is 1.47. The van der Waals surface area contributed by atoms with E-state index in [9.17, 15) is 4.79 Å². The third kappa shape index (κ3) is 10.1. The summed E-state index contributed by atoms with van der Waals surface area (Å²) in [4.78, 5) is 11.1. The standard InChI is InChI=1S/C12H24O2S/c1-3-4-5-6-7-8-11(2)14-12(13)9-10-15/h11,15H,3-10H2,1-2H3. The van der Waals surface area contributed by atoms with E-state index in [4.69, 9.17) is 4.74 Å². The lowest BCUT2D eigenvalue weighted by Crippen LogP contribution is -2.14. The predicted octanol–water partition coefficient (Wildman–Crippen LogP) is 3.60. The molecule has 0 aromatic heterocycles. The highest BCUT2D eigenvalue weighted by Crippen LogP contribution is 2.09. The largest absolute Gasteiger partial charge is 0.463 e. The number of rotatable bonds is 9. The summed E-state index contributed by atoms with van der Waals surface area (Å²) in [6, 6.07) is 0. The van der Waals surface area contributed by atoms with Crippen molar-refractivity contribution in [2.75, 3.05) is 5.75 Å². The highest BCUT2D eigenvalue weighted by molar-refractivity contribution is 7.80. The minimum absolute atomic E-state index is 0.0685. The summed E-state index contributed by atoms with van der Waals surface area (Å²) < 4.78 is 5.21. The zero-order valence-corrected chi connectivity index (χ0v) is 10.9. The molecule has 15 heavy (non-hydrogen) atoms. The van der Waals surface area contributed by atoms with Crippen LogP contribution in [0.25, 0.3) is 0 Å². The second kappa shape index (κ2) is 10.3. The third-order valence-corrected chi connectivity index (χ3v) is 2.59. The van der Waals surface area contributed by atoms with Gasteiger partial charge in [-0.05, 0) is 19.8 Å². The van der Waals surface area contributed by atoms with Crippen LogP contribution < -0.4 is 0 Å². The molecule has 0 spiro atoms. The molecule has 0 radical (unpaired) electrons. The van der Waals surface area contributed by atoms with E-state index in [0.29, 0.717) is 12.2 Å². The molecule has 1 unspecified atom stereocenters. The molecule has 0 rings (SSSR count). The maximum atomic E-state index is 11.1. The number of hydrogen-bond acceptors (Lipinski definition) is 3.